The third-order valence-electron chi connectivity index (χ3n) is 5.74. The average Bonchev–Trinajstić information content (AvgIpc) is 3.29. The molecule has 0 unspecified atom stereocenters. The van der Waals surface area contributed by atoms with Crippen LogP contribution in [0.25, 0.3) is 0 Å². The lowest BCUT2D eigenvalue weighted by Crippen LogP contribution is -2.41. The number of piperidine rings is 2. The smallest absolute Gasteiger partial charge is 0.289 e. The number of rotatable bonds is 4. The van der Waals surface area contributed by atoms with E-state index in [2.05, 4.69) is 22.3 Å². The van der Waals surface area contributed by atoms with Gasteiger partial charge in [0.05, 0.1) is 6.26 Å². The van der Waals surface area contributed by atoms with Crippen LogP contribution in [0.5, 0.6) is 0 Å². The molecule has 0 saturated carbocycles. The molecule has 6 heteroatoms. The van der Waals surface area contributed by atoms with Crippen molar-refractivity contribution in [2.75, 3.05) is 36.4 Å². The maximum atomic E-state index is 12.6. The van der Waals surface area contributed by atoms with Crippen LogP contribution in [0.2, 0.25) is 0 Å². The number of carbonyl (C=O) groups excluding carboxylic acids is 2. The maximum Gasteiger partial charge on any atom is 0.289 e. The normalized spacial score (nSPS) is 18.1. The topological polar surface area (TPSA) is 65.8 Å². The molecule has 1 N–H and O–H groups in total. The van der Waals surface area contributed by atoms with E-state index in [1.807, 2.05) is 12.1 Å². The third-order valence-corrected chi connectivity index (χ3v) is 5.74. The minimum Gasteiger partial charge on any atom is -0.459 e. The fourth-order valence-electron chi connectivity index (χ4n) is 4.05. The highest BCUT2D eigenvalue weighted by Gasteiger charge is 2.28. The Hall–Kier alpha value is -2.76. The quantitative estimate of drug-likeness (QED) is 0.876. The maximum absolute atomic E-state index is 12.6. The van der Waals surface area contributed by atoms with Crippen molar-refractivity contribution in [1.82, 2.24) is 4.90 Å². The molecule has 0 radical (unpaired) electrons. The molecule has 2 saturated heterocycles. The van der Waals surface area contributed by atoms with E-state index in [4.69, 9.17) is 4.42 Å². The van der Waals surface area contributed by atoms with Crippen LogP contribution < -0.4 is 10.2 Å². The molecule has 28 heavy (non-hydrogen) atoms. The van der Waals surface area contributed by atoms with Crippen LogP contribution in [0, 0.1) is 5.92 Å². The van der Waals surface area contributed by atoms with Crippen molar-refractivity contribution >= 4 is 23.2 Å². The van der Waals surface area contributed by atoms with Crippen molar-refractivity contribution in [3.63, 3.8) is 0 Å². The number of benzene rings is 1. The molecule has 2 aromatic rings. The summed E-state index contributed by atoms with van der Waals surface area (Å²) in [6, 6.07) is 11.5. The second-order valence-electron chi connectivity index (χ2n) is 7.63. The Morgan fingerprint density at radius 3 is 2.29 bits per heavy atom. The summed E-state index contributed by atoms with van der Waals surface area (Å²) in [5, 5.41) is 3.03. The molecule has 2 aliphatic heterocycles. The first-order valence-corrected chi connectivity index (χ1v) is 10.2. The van der Waals surface area contributed by atoms with Gasteiger partial charge in [0.1, 0.15) is 0 Å². The second kappa shape index (κ2) is 8.50. The number of amides is 2. The number of likely N-dealkylation sites (tertiary alicyclic amines) is 1. The van der Waals surface area contributed by atoms with Crippen LogP contribution in [-0.4, -0.2) is 42.9 Å². The summed E-state index contributed by atoms with van der Waals surface area (Å²) in [5.41, 5.74) is 2.06. The molecule has 6 nitrogen and oxygen atoms in total. The van der Waals surface area contributed by atoms with E-state index in [1.165, 1.54) is 31.2 Å². The van der Waals surface area contributed by atoms with Crippen molar-refractivity contribution in [2.45, 2.75) is 32.1 Å². The number of anilines is 2. The predicted octanol–water partition coefficient (Wildman–Crippen LogP) is 3.76. The predicted molar refractivity (Wildman–Crippen MR) is 108 cm³/mol. The molecule has 2 fully saturated rings. The van der Waals surface area contributed by atoms with Crippen molar-refractivity contribution < 1.29 is 14.0 Å². The number of hydrogen-bond acceptors (Lipinski definition) is 4. The van der Waals surface area contributed by atoms with Gasteiger partial charge < -0.3 is 19.5 Å². The largest absolute Gasteiger partial charge is 0.459 e. The van der Waals surface area contributed by atoms with Crippen molar-refractivity contribution in [1.29, 1.82) is 0 Å². The van der Waals surface area contributed by atoms with Gasteiger partial charge in [-0.15, -0.1) is 0 Å². The van der Waals surface area contributed by atoms with Crippen LogP contribution in [0.3, 0.4) is 0 Å². The molecule has 0 bridgehead atoms. The molecule has 2 amide bonds. The van der Waals surface area contributed by atoms with Gasteiger partial charge in [-0.3, -0.25) is 9.59 Å². The number of hydrogen-bond donors (Lipinski definition) is 1. The number of nitrogens with zero attached hydrogens (tertiary/aromatic N) is 2. The third kappa shape index (κ3) is 4.21. The molecule has 1 aromatic carbocycles. The highest BCUT2D eigenvalue weighted by molar-refractivity contribution is 5.94. The van der Waals surface area contributed by atoms with Crippen molar-refractivity contribution in [2.24, 2.45) is 5.92 Å². The molecule has 1 aromatic heterocycles. The molecule has 2 aliphatic rings. The van der Waals surface area contributed by atoms with Crippen molar-refractivity contribution in [3.05, 3.63) is 48.4 Å². The van der Waals surface area contributed by atoms with Crippen LogP contribution in [0.4, 0.5) is 11.4 Å². The zero-order valence-corrected chi connectivity index (χ0v) is 16.1. The van der Waals surface area contributed by atoms with E-state index in [-0.39, 0.29) is 17.7 Å². The van der Waals surface area contributed by atoms with Gasteiger partial charge in [-0.2, -0.15) is 0 Å². The van der Waals surface area contributed by atoms with Crippen LogP contribution in [0.15, 0.2) is 47.1 Å². The van der Waals surface area contributed by atoms with Crippen LogP contribution in [-0.2, 0) is 4.79 Å². The van der Waals surface area contributed by atoms with Crippen molar-refractivity contribution in [3.8, 4) is 0 Å². The summed E-state index contributed by atoms with van der Waals surface area (Å²) >= 11 is 0. The van der Waals surface area contributed by atoms with Gasteiger partial charge in [0.15, 0.2) is 5.76 Å². The first kappa shape index (κ1) is 18.6. The molecule has 148 valence electrons. The van der Waals surface area contributed by atoms with E-state index in [9.17, 15) is 9.59 Å². The summed E-state index contributed by atoms with van der Waals surface area (Å²) in [7, 11) is 0. The lowest BCUT2D eigenvalue weighted by molar-refractivity contribution is -0.121. The Morgan fingerprint density at radius 1 is 0.929 bits per heavy atom. The van der Waals surface area contributed by atoms with E-state index >= 15 is 0 Å². The van der Waals surface area contributed by atoms with E-state index in [0.717, 1.165) is 18.8 Å². The molecule has 3 heterocycles. The zero-order chi connectivity index (χ0) is 19.3. The van der Waals surface area contributed by atoms with Gasteiger partial charge >= 0.3 is 0 Å². The minimum absolute atomic E-state index is 0.0378. The van der Waals surface area contributed by atoms with Gasteiger partial charge in [0.25, 0.3) is 5.91 Å². The van der Waals surface area contributed by atoms with Gasteiger partial charge in [0.2, 0.25) is 5.91 Å². The summed E-state index contributed by atoms with van der Waals surface area (Å²) in [6.07, 6.45) is 6.66. The first-order chi connectivity index (χ1) is 13.7. The van der Waals surface area contributed by atoms with E-state index in [1.54, 1.807) is 17.0 Å². The fraction of sp³-hybridized carbons (Fsp3) is 0.455. The molecular formula is C22H27N3O3. The standard InChI is InChI=1S/C22H27N3O3/c26-21(17-10-14-25(15-11-17)22(27)20-5-4-16-28-20)23-18-6-8-19(9-7-18)24-12-2-1-3-13-24/h4-9,16-17H,1-3,10-15H2,(H,23,26). The Morgan fingerprint density at radius 2 is 1.64 bits per heavy atom. The molecule has 0 atom stereocenters. The van der Waals surface area contributed by atoms with Gasteiger partial charge in [-0.1, -0.05) is 0 Å². The Labute approximate surface area is 165 Å². The summed E-state index contributed by atoms with van der Waals surface area (Å²) in [4.78, 5) is 29.1. The van der Waals surface area contributed by atoms with Crippen LogP contribution in [0.1, 0.15) is 42.7 Å². The van der Waals surface area contributed by atoms with Gasteiger partial charge in [-0.25, -0.2) is 0 Å². The monoisotopic (exact) mass is 381 g/mol. The van der Waals surface area contributed by atoms with E-state index in [0.29, 0.717) is 31.7 Å². The highest BCUT2D eigenvalue weighted by atomic mass is 16.3. The molecular weight excluding hydrogens is 354 g/mol. The molecule has 0 spiro atoms. The fourth-order valence-corrected chi connectivity index (χ4v) is 4.05. The molecule has 4 rings (SSSR count). The second-order valence-corrected chi connectivity index (χ2v) is 7.63. The zero-order valence-electron chi connectivity index (χ0n) is 16.1. The number of nitrogens with one attached hydrogen (secondary N) is 1. The average molecular weight is 381 g/mol. The Kier molecular flexibility index (Phi) is 5.65. The van der Waals surface area contributed by atoms with E-state index < -0.39 is 0 Å². The van der Waals surface area contributed by atoms with Gasteiger partial charge in [0, 0.05) is 43.5 Å². The summed E-state index contributed by atoms with van der Waals surface area (Å²) in [5.74, 6) is 0.229. The number of furan rings is 1. The highest BCUT2D eigenvalue weighted by Crippen LogP contribution is 2.24. The lowest BCUT2D eigenvalue weighted by atomic mass is 9.95. The summed E-state index contributed by atoms with van der Waals surface area (Å²) < 4.78 is 5.18. The number of carbonyl (C=O) groups is 2. The lowest BCUT2D eigenvalue weighted by Gasteiger charge is -2.31. The van der Waals surface area contributed by atoms with Crippen LogP contribution >= 0.6 is 0 Å². The first-order valence-electron chi connectivity index (χ1n) is 10.2. The Bertz CT molecular complexity index is 787. The van der Waals surface area contributed by atoms with Gasteiger partial charge in [-0.05, 0) is 68.5 Å². The Balaban J connectivity index is 1.28. The SMILES string of the molecule is O=C(Nc1ccc(N2CCCCC2)cc1)C1CCN(C(=O)c2ccco2)CC1. The minimum atomic E-state index is -0.0999. The molecule has 0 aliphatic carbocycles. The summed E-state index contributed by atoms with van der Waals surface area (Å²) in [6.45, 7) is 3.37.